The van der Waals surface area contributed by atoms with E-state index in [1.54, 1.807) is 24.3 Å². The molecule has 28 heavy (non-hydrogen) atoms. The summed E-state index contributed by atoms with van der Waals surface area (Å²) in [5.41, 5.74) is 7.29. The number of rotatable bonds is 7. The Morgan fingerprint density at radius 1 is 1.14 bits per heavy atom. The topological polar surface area (TPSA) is 126 Å². The number of thioether (sulfide) groups is 1. The van der Waals surface area contributed by atoms with Gasteiger partial charge < -0.3 is 16.4 Å². The maximum Gasteiger partial charge on any atom is 0.253 e. The van der Waals surface area contributed by atoms with Crippen LogP contribution in [-0.2, 0) is 4.79 Å². The van der Waals surface area contributed by atoms with Crippen LogP contribution in [0.5, 0.6) is 0 Å². The van der Waals surface area contributed by atoms with Gasteiger partial charge in [-0.15, -0.1) is 5.10 Å². The minimum absolute atomic E-state index is 0.0909. The van der Waals surface area contributed by atoms with Crippen LogP contribution in [0.4, 0.5) is 11.6 Å². The monoisotopic (exact) mass is 396 g/mol. The highest BCUT2D eigenvalue weighted by molar-refractivity contribution is 7.99. The van der Waals surface area contributed by atoms with Crippen LogP contribution >= 0.6 is 11.8 Å². The summed E-state index contributed by atoms with van der Waals surface area (Å²) < 4.78 is 0. The molecule has 144 valence electrons. The quantitative estimate of drug-likeness (QED) is 0.455. The zero-order valence-corrected chi connectivity index (χ0v) is 16.0. The Kier molecular flexibility index (Phi) is 6.28. The molecule has 0 aliphatic carbocycles. The maximum absolute atomic E-state index is 12.7. The Morgan fingerprint density at radius 2 is 1.86 bits per heavy atom. The van der Waals surface area contributed by atoms with Crippen molar-refractivity contribution in [2.24, 2.45) is 0 Å². The molecule has 1 aromatic heterocycles. The Hall–Kier alpha value is -3.33. The molecule has 1 unspecified atom stereocenters. The summed E-state index contributed by atoms with van der Waals surface area (Å²) in [4.78, 5) is 28.9. The molecule has 2 aromatic carbocycles. The fourth-order valence-electron chi connectivity index (χ4n) is 2.53. The molecule has 0 saturated carbocycles. The van der Waals surface area contributed by atoms with Gasteiger partial charge in [0.25, 0.3) is 5.91 Å². The minimum atomic E-state index is -0.273. The van der Waals surface area contributed by atoms with E-state index >= 15 is 0 Å². The number of nitrogen functional groups attached to an aromatic ring is 1. The van der Waals surface area contributed by atoms with Crippen LogP contribution in [0.1, 0.15) is 28.9 Å². The van der Waals surface area contributed by atoms with Gasteiger partial charge in [0, 0.05) is 0 Å². The highest BCUT2D eigenvalue weighted by atomic mass is 32.2. The number of aromatic nitrogens is 3. The van der Waals surface area contributed by atoms with Crippen molar-refractivity contribution in [3.63, 3.8) is 0 Å². The molecule has 2 amide bonds. The molecule has 0 spiro atoms. The number of benzene rings is 2. The molecule has 1 atom stereocenters. The van der Waals surface area contributed by atoms with Gasteiger partial charge in [-0.25, -0.2) is 5.10 Å². The van der Waals surface area contributed by atoms with Gasteiger partial charge in [-0.1, -0.05) is 54.2 Å². The van der Waals surface area contributed by atoms with Crippen molar-refractivity contribution < 1.29 is 9.59 Å². The molecule has 5 N–H and O–H groups in total. The number of H-pyrrole nitrogens is 1. The van der Waals surface area contributed by atoms with Crippen LogP contribution in [0.15, 0.2) is 59.8 Å². The van der Waals surface area contributed by atoms with E-state index in [4.69, 9.17) is 5.73 Å². The average Bonchev–Trinajstić information content (AvgIpc) is 3.12. The first-order chi connectivity index (χ1) is 13.5. The van der Waals surface area contributed by atoms with Crippen molar-refractivity contribution in [3.8, 4) is 0 Å². The first-order valence-electron chi connectivity index (χ1n) is 8.58. The van der Waals surface area contributed by atoms with Crippen LogP contribution in [0.25, 0.3) is 0 Å². The van der Waals surface area contributed by atoms with Crippen molar-refractivity contribution in [1.29, 1.82) is 0 Å². The first-order valence-corrected chi connectivity index (χ1v) is 9.57. The second kappa shape index (κ2) is 9.05. The van der Waals surface area contributed by atoms with Gasteiger partial charge >= 0.3 is 0 Å². The molecule has 0 aliphatic rings. The van der Waals surface area contributed by atoms with E-state index in [9.17, 15) is 9.59 Å². The van der Waals surface area contributed by atoms with Crippen LogP contribution in [0, 0.1) is 0 Å². The van der Waals surface area contributed by atoms with Gasteiger partial charge in [0.15, 0.2) is 0 Å². The van der Waals surface area contributed by atoms with E-state index in [-0.39, 0.29) is 29.6 Å². The van der Waals surface area contributed by atoms with E-state index in [0.717, 1.165) is 17.3 Å². The van der Waals surface area contributed by atoms with Crippen LogP contribution in [0.2, 0.25) is 0 Å². The Balaban J connectivity index is 1.63. The number of carbonyl (C=O) groups excluding carboxylic acids is 2. The third-order valence-electron chi connectivity index (χ3n) is 3.91. The van der Waals surface area contributed by atoms with E-state index in [1.165, 1.54) is 0 Å². The molecule has 0 radical (unpaired) electrons. The van der Waals surface area contributed by atoms with Gasteiger partial charge in [0.05, 0.1) is 23.0 Å². The summed E-state index contributed by atoms with van der Waals surface area (Å²) in [6.45, 7) is 1.91. The number of hydrogen-bond acceptors (Lipinski definition) is 6. The number of nitrogens with one attached hydrogen (secondary N) is 3. The number of hydrogen-bond donors (Lipinski definition) is 4. The van der Waals surface area contributed by atoms with Crippen LogP contribution < -0.4 is 16.4 Å². The molecule has 1 heterocycles. The average molecular weight is 396 g/mol. The van der Waals surface area contributed by atoms with Crippen molar-refractivity contribution in [3.05, 3.63) is 65.7 Å². The molecule has 0 bridgehead atoms. The zero-order chi connectivity index (χ0) is 19.9. The summed E-state index contributed by atoms with van der Waals surface area (Å²) >= 11 is 1.14. The molecular formula is C19H20N6O2S. The summed E-state index contributed by atoms with van der Waals surface area (Å²) in [5, 5.41) is 12.5. The molecule has 0 fully saturated rings. The van der Waals surface area contributed by atoms with Gasteiger partial charge in [-0.2, -0.15) is 4.98 Å². The van der Waals surface area contributed by atoms with Crippen molar-refractivity contribution in [1.82, 2.24) is 20.5 Å². The van der Waals surface area contributed by atoms with Gasteiger partial charge in [-0.3, -0.25) is 9.59 Å². The summed E-state index contributed by atoms with van der Waals surface area (Å²) in [6.07, 6.45) is 0. The number of aromatic amines is 1. The number of amides is 2. The highest BCUT2D eigenvalue weighted by Gasteiger charge is 2.16. The second-order valence-electron chi connectivity index (χ2n) is 5.99. The lowest BCUT2D eigenvalue weighted by Gasteiger charge is -2.16. The molecular weight excluding hydrogens is 376 g/mol. The standard InChI is InChI=1S/C19H20N6O2S/c1-12(13-7-3-2-4-8-13)21-17(27)14-9-5-6-10-15(14)22-16(26)11-28-19-23-18(20)24-25-19/h2-10,12H,11H2,1H3,(H,21,27)(H,22,26)(H3,20,23,24,25). The minimum Gasteiger partial charge on any atom is -0.368 e. The Bertz CT molecular complexity index is 960. The summed E-state index contributed by atoms with van der Waals surface area (Å²) in [6, 6.07) is 16.4. The summed E-state index contributed by atoms with van der Waals surface area (Å²) in [7, 11) is 0. The molecule has 3 rings (SSSR count). The largest absolute Gasteiger partial charge is 0.368 e. The summed E-state index contributed by atoms with van der Waals surface area (Å²) in [5.74, 6) is -0.253. The molecule has 0 aliphatic heterocycles. The van der Waals surface area contributed by atoms with Gasteiger partial charge in [0.2, 0.25) is 17.0 Å². The lowest BCUT2D eigenvalue weighted by atomic mass is 10.1. The van der Waals surface area contributed by atoms with E-state index in [0.29, 0.717) is 16.4 Å². The Labute approximate surface area is 166 Å². The third kappa shape index (κ3) is 5.10. The fraction of sp³-hybridized carbons (Fsp3) is 0.158. The van der Waals surface area contributed by atoms with E-state index in [2.05, 4.69) is 25.8 Å². The smallest absolute Gasteiger partial charge is 0.253 e. The predicted molar refractivity (Wildman–Crippen MR) is 109 cm³/mol. The van der Waals surface area contributed by atoms with Crippen LogP contribution in [0.3, 0.4) is 0 Å². The third-order valence-corrected chi connectivity index (χ3v) is 4.75. The fourth-order valence-corrected chi connectivity index (χ4v) is 3.13. The number of nitrogens with two attached hydrogens (primary N) is 1. The van der Waals surface area contributed by atoms with Gasteiger partial charge in [-0.05, 0) is 24.6 Å². The van der Waals surface area contributed by atoms with Crippen molar-refractivity contribution >= 4 is 35.2 Å². The molecule has 0 saturated heterocycles. The molecule has 3 aromatic rings. The van der Waals surface area contributed by atoms with E-state index < -0.39 is 0 Å². The van der Waals surface area contributed by atoms with E-state index in [1.807, 2.05) is 37.3 Å². The van der Waals surface area contributed by atoms with Gasteiger partial charge in [0.1, 0.15) is 0 Å². The molecule has 9 heteroatoms. The number of para-hydroxylation sites is 1. The van der Waals surface area contributed by atoms with Crippen LogP contribution in [-0.4, -0.2) is 32.7 Å². The zero-order valence-electron chi connectivity index (χ0n) is 15.2. The normalized spacial score (nSPS) is 11.6. The predicted octanol–water partition coefficient (Wildman–Crippen LogP) is 2.61. The van der Waals surface area contributed by atoms with Crippen molar-refractivity contribution in [2.45, 2.75) is 18.1 Å². The highest BCUT2D eigenvalue weighted by Crippen LogP contribution is 2.19. The second-order valence-corrected chi connectivity index (χ2v) is 6.93. The lowest BCUT2D eigenvalue weighted by molar-refractivity contribution is -0.113. The molecule has 8 nitrogen and oxygen atoms in total. The number of nitrogens with zero attached hydrogens (tertiary/aromatic N) is 2. The lowest BCUT2D eigenvalue weighted by Crippen LogP contribution is -2.28. The number of carbonyl (C=O) groups is 2. The number of anilines is 2. The Morgan fingerprint density at radius 3 is 2.57 bits per heavy atom. The maximum atomic E-state index is 12.7. The van der Waals surface area contributed by atoms with Crippen molar-refractivity contribution in [2.75, 3.05) is 16.8 Å². The first kappa shape index (κ1) is 19.4. The SMILES string of the molecule is CC(NC(=O)c1ccccc1NC(=O)CSc1n[nH]c(N)n1)c1ccccc1.